The minimum Gasteiger partial charge on any atom is -0.383 e. The van der Waals surface area contributed by atoms with Crippen LogP contribution in [-0.4, -0.2) is 46.6 Å². The lowest BCUT2D eigenvalue weighted by molar-refractivity contribution is 0.185. The first-order chi connectivity index (χ1) is 8.52. The van der Waals surface area contributed by atoms with Gasteiger partial charge >= 0.3 is 0 Å². The zero-order chi connectivity index (χ0) is 13.6. The standard InChI is InChI=1S/C11H20N2O3S2/c1-4-12-8-10-7-11(17-9-10)18(14,15)13(2)5-6-16-3/h7,9,12H,4-6,8H2,1-3H3. The molecule has 0 unspecified atom stereocenters. The van der Waals surface area contributed by atoms with Crippen LogP contribution >= 0.6 is 11.3 Å². The largest absolute Gasteiger partial charge is 0.383 e. The first-order valence-corrected chi connectivity index (χ1v) is 8.07. The van der Waals surface area contributed by atoms with E-state index in [0.717, 1.165) is 12.1 Å². The third-order valence-electron chi connectivity index (χ3n) is 2.48. The molecule has 1 rings (SSSR count). The van der Waals surface area contributed by atoms with Crippen molar-refractivity contribution in [2.45, 2.75) is 17.7 Å². The van der Waals surface area contributed by atoms with Crippen molar-refractivity contribution in [2.24, 2.45) is 0 Å². The summed E-state index contributed by atoms with van der Waals surface area (Å²) in [6.45, 7) is 4.34. The Morgan fingerprint density at radius 2 is 2.22 bits per heavy atom. The topological polar surface area (TPSA) is 58.6 Å². The SMILES string of the molecule is CCNCc1csc(S(=O)(=O)N(C)CCOC)c1. The molecule has 0 aromatic carbocycles. The fourth-order valence-electron chi connectivity index (χ4n) is 1.34. The van der Waals surface area contributed by atoms with E-state index in [2.05, 4.69) is 5.32 Å². The molecule has 1 aromatic heterocycles. The van der Waals surface area contributed by atoms with Gasteiger partial charge in [-0.15, -0.1) is 11.3 Å². The predicted molar refractivity (Wildman–Crippen MR) is 73.4 cm³/mol. The van der Waals surface area contributed by atoms with Crippen LogP contribution in [-0.2, 0) is 21.3 Å². The van der Waals surface area contributed by atoms with Crippen LogP contribution in [0.25, 0.3) is 0 Å². The number of hydrogen-bond acceptors (Lipinski definition) is 5. The summed E-state index contributed by atoms with van der Waals surface area (Å²) in [5, 5.41) is 5.05. The van der Waals surface area contributed by atoms with Gasteiger partial charge in [-0.1, -0.05) is 6.92 Å². The Labute approximate surface area is 113 Å². The maximum absolute atomic E-state index is 12.2. The normalized spacial score (nSPS) is 12.2. The monoisotopic (exact) mass is 292 g/mol. The number of rotatable bonds is 8. The highest BCUT2D eigenvalue weighted by molar-refractivity contribution is 7.91. The van der Waals surface area contributed by atoms with E-state index in [9.17, 15) is 8.42 Å². The number of methoxy groups -OCH3 is 1. The highest BCUT2D eigenvalue weighted by Gasteiger charge is 2.22. The molecule has 5 nitrogen and oxygen atoms in total. The Kier molecular flexibility index (Phi) is 6.24. The molecule has 0 aliphatic heterocycles. The molecule has 0 amide bonds. The van der Waals surface area contributed by atoms with Crippen molar-refractivity contribution in [1.29, 1.82) is 0 Å². The van der Waals surface area contributed by atoms with E-state index in [0.29, 0.717) is 23.9 Å². The van der Waals surface area contributed by atoms with Crippen LogP contribution in [0, 0.1) is 0 Å². The summed E-state index contributed by atoms with van der Waals surface area (Å²) in [5.41, 5.74) is 1.00. The molecular weight excluding hydrogens is 272 g/mol. The van der Waals surface area contributed by atoms with Gasteiger partial charge in [0.25, 0.3) is 10.0 Å². The van der Waals surface area contributed by atoms with Crippen LogP contribution in [0.3, 0.4) is 0 Å². The fraction of sp³-hybridized carbons (Fsp3) is 0.636. The van der Waals surface area contributed by atoms with Crippen molar-refractivity contribution in [3.63, 3.8) is 0 Å². The number of nitrogens with zero attached hydrogens (tertiary/aromatic N) is 1. The van der Waals surface area contributed by atoms with Crippen LogP contribution in [0.2, 0.25) is 0 Å². The van der Waals surface area contributed by atoms with Gasteiger partial charge in [0.2, 0.25) is 0 Å². The second-order valence-electron chi connectivity index (χ2n) is 3.87. The van der Waals surface area contributed by atoms with Gasteiger partial charge in [-0.3, -0.25) is 0 Å². The minimum absolute atomic E-state index is 0.360. The van der Waals surface area contributed by atoms with E-state index in [1.165, 1.54) is 15.6 Å². The molecule has 0 spiro atoms. The summed E-state index contributed by atoms with van der Waals surface area (Å²) in [6.07, 6.45) is 0. The fourth-order valence-corrected chi connectivity index (χ4v) is 3.92. The third-order valence-corrected chi connectivity index (χ3v) is 5.80. The van der Waals surface area contributed by atoms with Gasteiger partial charge in [-0.25, -0.2) is 8.42 Å². The maximum Gasteiger partial charge on any atom is 0.252 e. The van der Waals surface area contributed by atoms with E-state index in [4.69, 9.17) is 4.74 Å². The molecule has 18 heavy (non-hydrogen) atoms. The van der Waals surface area contributed by atoms with Crippen LogP contribution < -0.4 is 5.32 Å². The molecule has 0 aliphatic rings. The summed E-state index contributed by atoms with van der Waals surface area (Å²) in [7, 11) is -0.248. The smallest absolute Gasteiger partial charge is 0.252 e. The van der Waals surface area contributed by atoms with Gasteiger partial charge in [0, 0.05) is 27.2 Å². The highest BCUT2D eigenvalue weighted by Crippen LogP contribution is 2.23. The van der Waals surface area contributed by atoms with Gasteiger partial charge in [-0.2, -0.15) is 4.31 Å². The Morgan fingerprint density at radius 1 is 1.50 bits per heavy atom. The summed E-state index contributed by atoms with van der Waals surface area (Å²) in [4.78, 5) is 0. The van der Waals surface area contributed by atoms with E-state index >= 15 is 0 Å². The highest BCUT2D eigenvalue weighted by atomic mass is 32.2. The zero-order valence-electron chi connectivity index (χ0n) is 11.0. The number of nitrogens with one attached hydrogen (secondary N) is 1. The average Bonchev–Trinajstić information content (AvgIpc) is 2.82. The molecule has 0 aliphatic carbocycles. The Bertz CT molecular complexity index is 457. The van der Waals surface area contributed by atoms with E-state index < -0.39 is 10.0 Å². The molecule has 0 fully saturated rings. The first-order valence-electron chi connectivity index (χ1n) is 5.75. The molecule has 1 heterocycles. The second kappa shape index (κ2) is 7.20. The second-order valence-corrected chi connectivity index (χ2v) is 7.06. The lowest BCUT2D eigenvalue weighted by Gasteiger charge is -2.15. The minimum atomic E-state index is -3.37. The molecule has 1 N–H and O–H groups in total. The number of ether oxygens (including phenoxy) is 1. The molecule has 0 atom stereocenters. The first kappa shape index (κ1) is 15.6. The molecular formula is C11H20N2O3S2. The molecule has 0 radical (unpaired) electrons. The third kappa shape index (κ3) is 4.03. The van der Waals surface area contributed by atoms with Gasteiger partial charge in [0.05, 0.1) is 6.61 Å². The van der Waals surface area contributed by atoms with Crippen molar-refractivity contribution in [2.75, 3.05) is 33.9 Å². The summed E-state index contributed by atoms with van der Waals surface area (Å²) >= 11 is 1.26. The Hall–Kier alpha value is -0.470. The molecule has 7 heteroatoms. The molecule has 0 bridgehead atoms. The van der Waals surface area contributed by atoms with Crippen molar-refractivity contribution in [1.82, 2.24) is 9.62 Å². The van der Waals surface area contributed by atoms with Gasteiger partial charge < -0.3 is 10.1 Å². The van der Waals surface area contributed by atoms with Crippen LogP contribution in [0.4, 0.5) is 0 Å². The van der Waals surface area contributed by atoms with Crippen LogP contribution in [0.5, 0.6) is 0 Å². The molecule has 1 aromatic rings. The van der Waals surface area contributed by atoms with Crippen LogP contribution in [0.1, 0.15) is 12.5 Å². The Morgan fingerprint density at radius 3 is 2.83 bits per heavy atom. The average molecular weight is 292 g/mol. The quantitative estimate of drug-likeness (QED) is 0.780. The zero-order valence-corrected chi connectivity index (χ0v) is 12.6. The van der Waals surface area contributed by atoms with Gasteiger partial charge in [0.15, 0.2) is 0 Å². The van der Waals surface area contributed by atoms with Crippen LogP contribution in [0.15, 0.2) is 15.7 Å². The number of hydrogen-bond donors (Lipinski definition) is 1. The number of likely N-dealkylation sites (N-methyl/N-ethyl adjacent to an activating group) is 1. The van der Waals surface area contributed by atoms with Crippen molar-refractivity contribution < 1.29 is 13.2 Å². The number of sulfonamides is 1. The van der Waals surface area contributed by atoms with E-state index in [1.807, 2.05) is 12.3 Å². The van der Waals surface area contributed by atoms with Crippen molar-refractivity contribution in [3.05, 3.63) is 17.0 Å². The number of thiophene rings is 1. The van der Waals surface area contributed by atoms with E-state index in [1.54, 1.807) is 20.2 Å². The van der Waals surface area contributed by atoms with Crippen molar-refractivity contribution >= 4 is 21.4 Å². The lowest BCUT2D eigenvalue weighted by atomic mass is 10.3. The predicted octanol–water partition coefficient (Wildman–Crippen LogP) is 1.12. The molecule has 0 saturated carbocycles. The molecule has 0 saturated heterocycles. The van der Waals surface area contributed by atoms with Gasteiger partial charge in [0.1, 0.15) is 4.21 Å². The summed E-state index contributed by atoms with van der Waals surface area (Å²) in [6, 6.07) is 1.73. The summed E-state index contributed by atoms with van der Waals surface area (Å²) < 4.78 is 31.0. The Balaban J connectivity index is 2.75. The summed E-state index contributed by atoms with van der Waals surface area (Å²) in [5.74, 6) is 0. The van der Waals surface area contributed by atoms with Gasteiger partial charge in [-0.05, 0) is 23.6 Å². The lowest BCUT2D eigenvalue weighted by Crippen LogP contribution is -2.29. The van der Waals surface area contributed by atoms with E-state index in [-0.39, 0.29) is 0 Å². The maximum atomic E-state index is 12.2. The molecule has 104 valence electrons. The van der Waals surface area contributed by atoms with Crippen molar-refractivity contribution in [3.8, 4) is 0 Å².